The van der Waals surface area contributed by atoms with E-state index in [2.05, 4.69) is 13.2 Å². The monoisotopic (exact) mass is 269 g/mol. The van der Waals surface area contributed by atoms with Gasteiger partial charge in [-0.25, -0.2) is 0 Å². The number of aliphatic imine (C=N–C) groups is 1. The van der Waals surface area contributed by atoms with Crippen LogP contribution in [0.3, 0.4) is 0 Å². The van der Waals surface area contributed by atoms with E-state index in [4.69, 9.17) is 4.99 Å². The molecule has 0 spiro atoms. The van der Waals surface area contributed by atoms with E-state index in [0.717, 1.165) is 30.4 Å². The first-order valence-corrected chi connectivity index (χ1v) is 7.00. The zero-order chi connectivity index (χ0) is 14.3. The highest BCUT2D eigenvalue weighted by atomic mass is 16.3. The fourth-order valence-corrected chi connectivity index (χ4v) is 3.22. The molecule has 3 heteroatoms. The molecule has 20 heavy (non-hydrogen) atoms. The summed E-state index contributed by atoms with van der Waals surface area (Å²) < 4.78 is 0. The molecule has 1 fully saturated rings. The smallest absolute Gasteiger partial charge is 0.115 e. The summed E-state index contributed by atoms with van der Waals surface area (Å²) in [5, 5.41) is 20.0. The van der Waals surface area contributed by atoms with Gasteiger partial charge in [-0.15, -0.1) is 0 Å². The van der Waals surface area contributed by atoms with Gasteiger partial charge in [0, 0.05) is 11.5 Å². The van der Waals surface area contributed by atoms with Gasteiger partial charge < -0.3 is 10.2 Å². The van der Waals surface area contributed by atoms with Gasteiger partial charge in [0.05, 0.1) is 11.8 Å². The molecule has 104 valence electrons. The molecule has 1 saturated carbocycles. The number of fused-ring (bicyclic) bond motifs is 1. The maximum Gasteiger partial charge on any atom is 0.115 e. The molecule has 3 atom stereocenters. The lowest BCUT2D eigenvalue weighted by atomic mass is 9.79. The second-order valence-electron chi connectivity index (χ2n) is 5.65. The van der Waals surface area contributed by atoms with E-state index in [1.54, 1.807) is 6.07 Å². The molecule has 0 amide bonds. The Morgan fingerprint density at radius 1 is 1.35 bits per heavy atom. The van der Waals surface area contributed by atoms with Crippen LogP contribution >= 0.6 is 0 Å². The summed E-state index contributed by atoms with van der Waals surface area (Å²) in [7, 11) is 0. The van der Waals surface area contributed by atoms with Gasteiger partial charge in [0.25, 0.3) is 0 Å². The Kier molecular flexibility index (Phi) is 3.22. The molecule has 3 nitrogen and oxygen atoms in total. The van der Waals surface area contributed by atoms with Crippen molar-refractivity contribution in [2.45, 2.75) is 31.4 Å². The minimum Gasteiger partial charge on any atom is -0.508 e. The summed E-state index contributed by atoms with van der Waals surface area (Å²) >= 11 is 0. The Bertz CT molecular complexity index is 603. The first kappa shape index (κ1) is 13.1. The van der Waals surface area contributed by atoms with E-state index in [1.807, 2.05) is 18.2 Å². The van der Waals surface area contributed by atoms with Gasteiger partial charge in [-0.3, -0.25) is 4.99 Å². The zero-order valence-electron chi connectivity index (χ0n) is 11.4. The summed E-state index contributed by atoms with van der Waals surface area (Å²) in [5.74, 6) is 0.189. The highest BCUT2D eigenvalue weighted by molar-refractivity contribution is 6.05. The van der Waals surface area contributed by atoms with Gasteiger partial charge in [0.2, 0.25) is 0 Å². The predicted molar refractivity (Wildman–Crippen MR) is 80.9 cm³/mol. The van der Waals surface area contributed by atoms with E-state index in [1.165, 1.54) is 0 Å². The van der Waals surface area contributed by atoms with Crippen LogP contribution in [0, 0.1) is 5.92 Å². The Labute approximate surface area is 119 Å². The molecule has 2 N–H and O–H groups in total. The largest absolute Gasteiger partial charge is 0.508 e. The van der Waals surface area contributed by atoms with Crippen molar-refractivity contribution in [2.75, 3.05) is 0 Å². The summed E-state index contributed by atoms with van der Waals surface area (Å²) in [4.78, 5) is 4.70. The lowest BCUT2D eigenvalue weighted by Crippen LogP contribution is -2.32. The normalized spacial score (nSPS) is 28.9. The quantitative estimate of drug-likeness (QED) is 0.640. The molecule has 2 aliphatic rings. The fourth-order valence-electron chi connectivity index (χ4n) is 3.22. The van der Waals surface area contributed by atoms with Crippen molar-refractivity contribution in [3.8, 4) is 0 Å². The molecule has 1 aliphatic heterocycles. The van der Waals surface area contributed by atoms with E-state index >= 15 is 0 Å². The van der Waals surface area contributed by atoms with Crippen LogP contribution in [0.2, 0.25) is 0 Å². The maximum atomic E-state index is 10.5. The minimum absolute atomic E-state index is 0.0294. The van der Waals surface area contributed by atoms with E-state index in [-0.39, 0.29) is 17.7 Å². The molecule has 0 aromatic heterocycles. The summed E-state index contributed by atoms with van der Waals surface area (Å²) in [6, 6.07) is 7.42. The number of aliphatic hydroxyl groups is 2. The topological polar surface area (TPSA) is 52.8 Å². The van der Waals surface area contributed by atoms with Gasteiger partial charge >= 0.3 is 0 Å². The number of benzene rings is 1. The Hall–Kier alpha value is -1.87. The van der Waals surface area contributed by atoms with Crippen molar-refractivity contribution in [1.29, 1.82) is 0 Å². The number of hydrogen-bond donors (Lipinski definition) is 2. The molecular weight excluding hydrogens is 250 g/mol. The molecule has 1 aromatic rings. The summed E-state index contributed by atoms with van der Waals surface area (Å²) in [5.41, 5.74) is 3.35. The summed E-state index contributed by atoms with van der Waals surface area (Å²) in [6.45, 7) is 7.63. The Morgan fingerprint density at radius 2 is 2.15 bits per heavy atom. The Morgan fingerprint density at radius 3 is 2.85 bits per heavy atom. The summed E-state index contributed by atoms with van der Waals surface area (Å²) in [6.07, 6.45) is 2.52. The van der Waals surface area contributed by atoms with Crippen molar-refractivity contribution < 1.29 is 10.2 Å². The standard InChI is InChI=1S/C17H19NO2/c1-10-5-3-8-14-15(10)18-16(17(14)20)13-7-4-6-12(9-13)11(2)19/h4,6-7,9,14-15,17,19-20H,1-3,5,8H2. The van der Waals surface area contributed by atoms with Crippen LogP contribution in [0.4, 0.5) is 0 Å². The van der Waals surface area contributed by atoms with Crippen LogP contribution in [0.15, 0.2) is 48.0 Å². The number of hydrogen-bond acceptors (Lipinski definition) is 3. The van der Waals surface area contributed by atoms with Crippen LogP contribution in [-0.4, -0.2) is 28.1 Å². The molecule has 0 bridgehead atoms. The molecule has 0 saturated heterocycles. The molecule has 3 unspecified atom stereocenters. The average molecular weight is 269 g/mol. The third-order valence-electron chi connectivity index (χ3n) is 4.31. The van der Waals surface area contributed by atoms with Crippen LogP contribution in [0.1, 0.15) is 30.4 Å². The van der Waals surface area contributed by atoms with Gasteiger partial charge in [0.15, 0.2) is 0 Å². The maximum absolute atomic E-state index is 10.5. The van der Waals surface area contributed by atoms with Gasteiger partial charge in [-0.05, 0) is 30.9 Å². The molecule has 0 radical (unpaired) electrons. The van der Waals surface area contributed by atoms with Gasteiger partial charge in [0.1, 0.15) is 11.9 Å². The van der Waals surface area contributed by atoms with Gasteiger partial charge in [-0.2, -0.15) is 0 Å². The van der Waals surface area contributed by atoms with Crippen molar-refractivity contribution >= 4 is 11.5 Å². The lowest BCUT2D eigenvalue weighted by Gasteiger charge is -2.27. The highest BCUT2D eigenvalue weighted by Gasteiger charge is 2.41. The first-order chi connectivity index (χ1) is 9.58. The van der Waals surface area contributed by atoms with Crippen molar-refractivity contribution in [3.05, 3.63) is 54.1 Å². The minimum atomic E-state index is -0.542. The van der Waals surface area contributed by atoms with Gasteiger partial charge in [-0.1, -0.05) is 36.9 Å². The van der Waals surface area contributed by atoms with E-state index < -0.39 is 6.10 Å². The molecule has 3 rings (SSSR count). The Balaban J connectivity index is 1.97. The molecular formula is C17H19NO2. The van der Waals surface area contributed by atoms with Crippen LogP contribution in [0.25, 0.3) is 5.76 Å². The lowest BCUT2D eigenvalue weighted by molar-refractivity contribution is 0.158. The second-order valence-corrected chi connectivity index (χ2v) is 5.65. The zero-order valence-corrected chi connectivity index (χ0v) is 11.4. The third kappa shape index (κ3) is 2.08. The SMILES string of the molecule is C=C(O)c1cccc(C2=NC3C(=C)CCCC3C2O)c1. The van der Waals surface area contributed by atoms with Crippen LogP contribution < -0.4 is 0 Å². The molecule has 1 heterocycles. The fraction of sp³-hybridized carbons (Fsp3) is 0.353. The second kappa shape index (κ2) is 4.91. The van der Waals surface area contributed by atoms with Crippen LogP contribution in [-0.2, 0) is 0 Å². The first-order valence-electron chi connectivity index (χ1n) is 7.00. The predicted octanol–water partition coefficient (Wildman–Crippen LogP) is 3.10. The van der Waals surface area contributed by atoms with E-state index in [0.29, 0.717) is 11.3 Å². The number of aliphatic hydroxyl groups excluding tert-OH is 2. The average Bonchev–Trinajstić information content (AvgIpc) is 2.78. The molecule has 1 aliphatic carbocycles. The van der Waals surface area contributed by atoms with Crippen LogP contribution in [0.5, 0.6) is 0 Å². The number of rotatable bonds is 2. The van der Waals surface area contributed by atoms with E-state index in [9.17, 15) is 10.2 Å². The highest BCUT2D eigenvalue weighted by Crippen LogP contribution is 2.38. The third-order valence-corrected chi connectivity index (χ3v) is 4.31. The van der Waals surface area contributed by atoms with Crippen molar-refractivity contribution in [3.63, 3.8) is 0 Å². The van der Waals surface area contributed by atoms with Crippen molar-refractivity contribution in [1.82, 2.24) is 0 Å². The number of nitrogens with zero attached hydrogens (tertiary/aromatic N) is 1. The molecule has 1 aromatic carbocycles. The van der Waals surface area contributed by atoms with Crippen molar-refractivity contribution in [2.24, 2.45) is 10.9 Å².